The van der Waals surface area contributed by atoms with Gasteiger partial charge in [-0.2, -0.15) is 0 Å². The summed E-state index contributed by atoms with van der Waals surface area (Å²) in [6.45, 7) is 4.83. The molecule has 0 aliphatic heterocycles. The van der Waals surface area contributed by atoms with Crippen molar-refractivity contribution in [2.75, 3.05) is 5.73 Å². The molecule has 0 atom stereocenters. The van der Waals surface area contributed by atoms with Gasteiger partial charge in [0, 0.05) is 24.0 Å². The van der Waals surface area contributed by atoms with Gasteiger partial charge < -0.3 is 16.0 Å². The molecule has 0 bridgehead atoms. The van der Waals surface area contributed by atoms with Crippen LogP contribution in [0.2, 0.25) is 0 Å². The third-order valence-electron chi connectivity index (χ3n) is 2.38. The Kier molecular flexibility index (Phi) is 2.20. The van der Waals surface area contributed by atoms with Crippen LogP contribution in [0.5, 0.6) is 0 Å². The number of nitrogens with zero attached hydrogens (tertiary/aromatic N) is 1. The summed E-state index contributed by atoms with van der Waals surface area (Å²) in [4.78, 5) is 0. The molecule has 1 aromatic carbocycles. The number of rotatable bonds is 2. The lowest BCUT2D eigenvalue weighted by Crippen LogP contribution is -2.36. The molecular formula is C12H17N3. The van der Waals surface area contributed by atoms with Crippen LogP contribution >= 0.6 is 0 Å². The number of fused-ring (bicyclic) bond motifs is 1. The normalized spacial score (nSPS) is 12.2. The van der Waals surface area contributed by atoms with Crippen molar-refractivity contribution in [3.8, 4) is 0 Å². The quantitative estimate of drug-likeness (QED) is 0.733. The standard InChI is InChI=1S/C12H17N3/c1-12(2,14)8-15-6-5-9-3-4-10(13)7-11(9)15/h3-7H,8,13-14H2,1-2H3. The molecule has 4 N–H and O–H groups in total. The van der Waals surface area contributed by atoms with Crippen molar-refractivity contribution in [2.24, 2.45) is 5.73 Å². The molecule has 3 nitrogen and oxygen atoms in total. The highest BCUT2D eigenvalue weighted by Crippen LogP contribution is 2.20. The van der Waals surface area contributed by atoms with Gasteiger partial charge in [0.15, 0.2) is 0 Å². The molecule has 3 heteroatoms. The molecule has 0 radical (unpaired) electrons. The van der Waals surface area contributed by atoms with Gasteiger partial charge in [0.2, 0.25) is 0 Å². The summed E-state index contributed by atoms with van der Waals surface area (Å²) in [6, 6.07) is 8.02. The molecule has 0 saturated carbocycles. The van der Waals surface area contributed by atoms with Gasteiger partial charge in [0.25, 0.3) is 0 Å². The monoisotopic (exact) mass is 203 g/mol. The summed E-state index contributed by atoms with van der Waals surface area (Å²) < 4.78 is 2.14. The molecule has 0 fully saturated rings. The topological polar surface area (TPSA) is 57.0 Å². The Balaban J connectivity index is 2.48. The SMILES string of the molecule is CC(C)(N)Cn1ccc2ccc(N)cc21. The number of anilines is 1. The highest BCUT2D eigenvalue weighted by molar-refractivity contribution is 5.83. The zero-order valence-corrected chi connectivity index (χ0v) is 9.20. The third-order valence-corrected chi connectivity index (χ3v) is 2.38. The minimum atomic E-state index is -0.212. The number of nitrogens with two attached hydrogens (primary N) is 2. The van der Waals surface area contributed by atoms with Gasteiger partial charge in [-0.05, 0) is 37.4 Å². The molecular weight excluding hydrogens is 186 g/mol. The van der Waals surface area contributed by atoms with Crippen LogP contribution in [0.15, 0.2) is 30.5 Å². The first-order valence-electron chi connectivity index (χ1n) is 5.09. The zero-order valence-electron chi connectivity index (χ0n) is 9.20. The number of hydrogen-bond acceptors (Lipinski definition) is 2. The minimum Gasteiger partial charge on any atom is -0.399 e. The van der Waals surface area contributed by atoms with E-state index in [4.69, 9.17) is 11.5 Å². The Morgan fingerprint density at radius 2 is 2.00 bits per heavy atom. The van der Waals surface area contributed by atoms with Crippen molar-refractivity contribution < 1.29 is 0 Å². The number of hydrogen-bond donors (Lipinski definition) is 2. The van der Waals surface area contributed by atoms with Crippen LogP contribution in [-0.4, -0.2) is 10.1 Å². The maximum absolute atomic E-state index is 6.00. The maximum Gasteiger partial charge on any atom is 0.0501 e. The van der Waals surface area contributed by atoms with E-state index in [-0.39, 0.29) is 5.54 Å². The minimum absolute atomic E-state index is 0.212. The summed E-state index contributed by atoms with van der Waals surface area (Å²) in [7, 11) is 0. The number of nitrogen functional groups attached to an aromatic ring is 1. The van der Waals surface area contributed by atoms with Crippen molar-refractivity contribution in [3.05, 3.63) is 30.5 Å². The van der Waals surface area contributed by atoms with Crippen LogP contribution in [-0.2, 0) is 6.54 Å². The molecule has 1 heterocycles. The molecule has 15 heavy (non-hydrogen) atoms. The molecule has 80 valence electrons. The lowest BCUT2D eigenvalue weighted by atomic mass is 10.1. The summed E-state index contributed by atoms with van der Waals surface area (Å²) >= 11 is 0. The first-order valence-corrected chi connectivity index (χ1v) is 5.09. The molecule has 2 rings (SSSR count). The Morgan fingerprint density at radius 1 is 1.27 bits per heavy atom. The Morgan fingerprint density at radius 3 is 2.67 bits per heavy atom. The van der Waals surface area contributed by atoms with Crippen molar-refractivity contribution in [3.63, 3.8) is 0 Å². The predicted octanol–water partition coefficient (Wildman–Crippen LogP) is 1.96. The lowest BCUT2D eigenvalue weighted by molar-refractivity contribution is 0.441. The second-order valence-electron chi connectivity index (χ2n) is 4.75. The fourth-order valence-corrected chi connectivity index (χ4v) is 1.78. The summed E-state index contributed by atoms with van der Waals surface area (Å²) in [6.07, 6.45) is 2.05. The summed E-state index contributed by atoms with van der Waals surface area (Å²) in [5, 5.41) is 1.20. The van der Waals surface area contributed by atoms with E-state index in [1.807, 2.05) is 32.0 Å². The van der Waals surface area contributed by atoms with Gasteiger partial charge in [-0.1, -0.05) is 6.07 Å². The molecule has 0 spiro atoms. The molecule has 0 saturated heterocycles. The van der Waals surface area contributed by atoms with Crippen molar-refractivity contribution in [1.29, 1.82) is 0 Å². The van der Waals surface area contributed by atoms with E-state index >= 15 is 0 Å². The zero-order chi connectivity index (χ0) is 11.1. The van der Waals surface area contributed by atoms with Crippen LogP contribution in [0.1, 0.15) is 13.8 Å². The highest BCUT2D eigenvalue weighted by atomic mass is 15.0. The fraction of sp³-hybridized carbons (Fsp3) is 0.333. The first-order chi connectivity index (χ1) is 6.96. The van der Waals surface area contributed by atoms with Crippen LogP contribution < -0.4 is 11.5 Å². The Labute approximate surface area is 89.7 Å². The molecule has 1 aromatic heterocycles. The molecule has 0 aliphatic rings. The van der Waals surface area contributed by atoms with E-state index in [1.54, 1.807) is 0 Å². The number of benzene rings is 1. The van der Waals surface area contributed by atoms with E-state index in [2.05, 4.69) is 16.8 Å². The Hall–Kier alpha value is -1.48. The van der Waals surface area contributed by atoms with Gasteiger partial charge in [0.05, 0.1) is 5.52 Å². The Bertz CT molecular complexity index is 477. The van der Waals surface area contributed by atoms with Gasteiger partial charge in [-0.25, -0.2) is 0 Å². The van der Waals surface area contributed by atoms with Crippen LogP contribution in [0.4, 0.5) is 5.69 Å². The largest absolute Gasteiger partial charge is 0.399 e. The van der Waals surface area contributed by atoms with Gasteiger partial charge in [-0.3, -0.25) is 0 Å². The lowest BCUT2D eigenvalue weighted by Gasteiger charge is -2.20. The van der Waals surface area contributed by atoms with Gasteiger partial charge in [-0.15, -0.1) is 0 Å². The van der Waals surface area contributed by atoms with E-state index in [0.717, 1.165) is 17.7 Å². The van der Waals surface area contributed by atoms with Crippen LogP contribution in [0.25, 0.3) is 10.9 Å². The second kappa shape index (κ2) is 3.28. The van der Waals surface area contributed by atoms with Gasteiger partial charge in [0.1, 0.15) is 0 Å². The molecule has 0 amide bonds. The average Bonchev–Trinajstić information content (AvgIpc) is 2.46. The summed E-state index contributed by atoms with van der Waals surface area (Å²) in [5.41, 5.74) is 13.5. The number of aromatic nitrogens is 1. The molecule has 2 aromatic rings. The van der Waals surface area contributed by atoms with E-state index in [0.29, 0.717) is 0 Å². The maximum atomic E-state index is 6.00. The second-order valence-corrected chi connectivity index (χ2v) is 4.75. The smallest absolute Gasteiger partial charge is 0.0501 e. The predicted molar refractivity (Wildman–Crippen MR) is 64.6 cm³/mol. The highest BCUT2D eigenvalue weighted by Gasteiger charge is 2.12. The van der Waals surface area contributed by atoms with Crippen molar-refractivity contribution in [1.82, 2.24) is 4.57 Å². The van der Waals surface area contributed by atoms with Crippen LogP contribution in [0, 0.1) is 0 Å². The van der Waals surface area contributed by atoms with E-state index in [1.165, 1.54) is 5.39 Å². The van der Waals surface area contributed by atoms with E-state index < -0.39 is 0 Å². The van der Waals surface area contributed by atoms with Crippen molar-refractivity contribution >= 4 is 16.6 Å². The first kappa shape index (κ1) is 10.1. The van der Waals surface area contributed by atoms with Gasteiger partial charge >= 0.3 is 0 Å². The van der Waals surface area contributed by atoms with Crippen molar-refractivity contribution in [2.45, 2.75) is 25.9 Å². The molecule has 0 unspecified atom stereocenters. The third kappa shape index (κ3) is 2.13. The van der Waals surface area contributed by atoms with Crippen LogP contribution in [0.3, 0.4) is 0 Å². The average molecular weight is 203 g/mol. The summed E-state index contributed by atoms with van der Waals surface area (Å²) in [5.74, 6) is 0. The molecule has 0 aliphatic carbocycles. The fourth-order valence-electron chi connectivity index (χ4n) is 1.78. The van der Waals surface area contributed by atoms with E-state index in [9.17, 15) is 0 Å².